The maximum Gasteiger partial charge on any atom is 0.243 e. The molecule has 23 heavy (non-hydrogen) atoms. The first-order chi connectivity index (χ1) is 10.5. The normalized spacial score (nSPS) is 17.7. The molecule has 2 rings (SSSR count). The van der Waals surface area contributed by atoms with E-state index in [1.165, 1.54) is 19.2 Å². The Kier molecular flexibility index (Phi) is 7.98. The number of nitrogens with one attached hydrogen (secondary N) is 2. The number of rotatable bonds is 7. The number of sulfonamides is 1. The van der Waals surface area contributed by atoms with E-state index in [-0.39, 0.29) is 29.8 Å². The van der Waals surface area contributed by atoms with Crippen LogP contribution in [0.2, 0.25) is 0 Å². The molecular formula is C15H24ClN3O3S. The number of halogens is 1. The largest absolute Gasteiger partial charge is 0.355 e. The summed E-state index contributed by atoms with van der Waals surface area (Å²) in [6, 6.07) is 8.13. The summed E-state index contributed by atoms with van der Waals surface area (Å²) in [4.78, 5) is 12.1. The van der Waals surface area contributed by atoms with Gasteiger partial charge in [-0.2, -0.15) is 4.31 Å². The van der Waals surface area contributed by atoms with Gasteiger partial charge >= 0.3 is 0 Å². The fourth-order valence-corrected chi connectivity index (χ4v) is 3.64. The molecule has 130 valence electrons. The molecule has 1 atom stereocenters. The summed E-state index contributed by atoms with van der Waals surface area (Å²) >= 11 is 0. The van der Waals surface area contributed by atoms with Gasteiger partial charge in [0.1, 0.15) is 0 Å². The molecule has 0 radical (unpaired) electrons. The van der Waals surface area contributed by atoms with Crippen molar-refractivity contribution in [2.24, 2.45) is 5.92 Å². The summed E-state index contributed by atoms with van der Waals surface area (Å²) < 4.78 is 25.7. The van der Waals surface area contributed by atoms with Crippen LogP contribution in [0.3, 0.4) is 0 Å². The number of carbonyl (C=O) groups excluding carboxylic acids is 1. The number of carbonyl (C=O) groups is 1. The van der Waals surface area contributed by atoms with Gasteiger partial charge in [0.2, 0.25) is 15.9 Å². The zero-order valence-electron chi connectivity index (χ0n) is 13.2. The Hall–Kier alpha value is -1.15. The lowest BCUT2D eigenvalue weighted by atomic mass is 10.1. The first-order valence-corrected chi connectivity index (χ1v) is 8.93. The van der Waals surface area contributed by atoms with Crippen LogP contribution in [-0.2, 0) is 14.8 Å². The molecule has 0 bridgehead atoms. The summed E-state index contributed by atoms with van der Waals surface area (Å²) in [5.74, 6) is 0.332. The second kappa shape index (κ2) is 9.22. The van der Waals surface area contributed by atoms with Gasteiger partial charge < -0.3 is 10.6 Å². The monoisotopic (exact) mass is 361 g/mol. The topological polar surface area (TPSA) is 78.5 Å². The quantitative estimate of drug-likeness (QED) is 0.754. The third-order valence-corrected chi connectivity index (χ3v) is 5.67. The predicted octanol–water partition coefficient (Wildman–Crippen LogP) is 0.845. The van der Waals surface area contributed by atoms with Gasteiger partial charge in [0.15, 0.2) is 0 Å². The molecule has 1 fully saturated rings. The molecule has 0 spiro atoms. The first-order valence-electron chi connectivity index (χ1n) is 7.49. The van der Waals surface area contributed by atoms with Gasteiger partial charge in [-0.1, -0.05) is 18.2 Å². The number of benzene rings is 1. The molecule has 1 aliphatic rings. The number of amides is 1. The van der Waals surface area contributed by atoms with Gasteiger partial charge in [0.05, 0.1) is 11.4 Å². The lowest BCUT2D eigenvalue weighted by molar-refractivity contribution is -0.121. The third kappa shape index (κ3) is 5.76. The minimum atomic E-state index is -3.61. The van der Waals surface area contributed by atoms with Crippen LogP contribution in [-0.4, -0.2) is 51.9 Å². The highest BCUT2D eigenvalue weighted by molar-refractivity contribution is 7.89. The van der Waals surface area contributed by atoms with E-state index in [2.05, 4.69) is 10.6 Å². The van der Waals surface area contributed by atoms with E-state index in [0.717, 1.165) is 30.2 Å². The lowest BCUT2D eigenvalue weighted by Gasteiger charge is -2.17. The van der Waals surface area contributed by atoms with E-state index >= 15 is 0 Å². The summed E-state index contributed by atoms with van der Waals surface area (Å²) in [6.45, 7) is 2.46. The van der Waals surface area contributed by atoms with Gasteiger partial charge in [-0.15, -0.1) is 12.4 Å². The van der Waals surface area contributed by atoms with Crippen molar-refractivity contribution in [2.75, 3.05) is 33.2 Å². The Morgan fingerprint density at radius 2 is 2.04 bits per heavy atom. The molecule has 1 amide bonds. The molecule has 1 unspecified atom stereocenters. The van der Waals surface area contributed by atoms with Gasteiger partial charge in [0.25, 0.3) is 0 Å². The number of hydrogen-bond acceptors (Lipinski definition) is 4. The first kappa shape index (κ1) is 19.9. The summed E-state index contributed by atoms with van der Waals surface area (Å²) in [7, 11) is -2.19. The number of nitrogens with zero attached hydrogens (tertiary/aromatic N) is 1. The second-order valence-electron chi connectivity index (χ2n) is 5.57. The fraction of sp³-hybridized carbons (Fsp3) is 0.533. The number of likely N-dealkylation sites (N-methyl/N-ethyl adjacent to an activating group) is 1. The highest BCUT2D eigenvalue weighted by Gasteiger charge is 2.22. The molecule has 1 aliphatic heterocycles. The van der Waals surface area contributed by atoms with Crippen molar-refractivity contribution in [1.82, 2.24) is 14.9 Å². The minimum absolute atomic E-state index is 0. The van der Waals surface area contributed by atoms with E-state index in [1.807, 2.05) is 0 Å². The van der Waals surface area contributed by atoms with E-state index < -0.39 is 10.0 Å². The van der Waals surface area contributed by atoms with Crippen molar-refractivity contribution in [3.63, 3.8) is 0 Å². The maximum atomic E-state index is 12.3. The van der Waals surface area contributed by atoms with Crippen LogP contribution in [0.1, 0.15) is 12.8 Å². The Morgan fingerprint density at radius 1 is 1.35 bits per heavy atom. The standard InChI is InChI=1S/C15H23N3O3S.ClH/c1-18(22(20,21)14-5-3-2-4-6-14)12-15(19)17-10-8-13-7-9-16-11-13;/h2-6,13,16H,7-12H2,1H3,(H,17,19);1H. The van der Waals surface area contributed by atoms with Crippen LogP contribution in [0, 0.1) is 5.92 Å². The van der Waals surface area contributed by atoms with Gasteiger partial charge in [0, 0.05) is 13.6 Å². The fourth-order valence-electron chi connectivity index (χ4n) is 2.49. The van der Waals surface area contributed by atoms with Crippen molar-refractivity contribution in [2.45, 2.75) is 17.7 Å². The molecule has 1 heterocycles. The summed E-state index contributed by atoms with van der Waals surface area (Å²) in [5, 5.41) is 6.07. The van der Waals surface area contributed by atoms with E-state index in [0.29, 0.717) is 12.5 Å². The molecule has 2 N–H and O–H groups in total. The zero-order valence-corrected chi connectivity index (χ0v) is 14.8. The van der Waals surface area contributed by atoms with Crippen molar-refractivity contribution >= 4 is 28.3 Å². The second-order valence-corrected chi connectivity index (χ2v) is 7.62. The van der Waals surface area contributed by atoms with Gasteiger partial charge in [-0.3, -0.25) is 4.79 Å². The maximum absolute atomic E-state index is 12.3. The highest BCUT2D eigenvalue weighted by Crippen LogP contribution is 2.13. The lowest BCUT2D eigenvalue weighted by Crippen LogP contribution is -2.39. The molecule has 1 aromatic carbocycles. The molecule has 1 aromatic rings. The Bertz CT molecular complexity index is 589. The van der Waals surface area contributed by atoms with Crippen LogP contribution in [0.5, 0.6) is 0 Å². The Balaban J connectivity index is 0.00000264. The van der Waals surface area contributed by atoms with Crippen LogP contribution in [0.4, 0.5) is 0 Å². The molecule has 6 nitrogen and oxygen atoms in total. The summed E-state index contributed by atoms with van der Waals surface area (Å²) in [6.07, 6.45) is 2.06. The molecule has 1 saturated heterocycles. The van der Waals surface area contributed by atoms with Crippen molar-refractivity contribution in [3.05, 3.63) is 30.3 Å². The molecular weight excluding hydrogens is 338 g/mol. The average Bonchev–Trinajstić information content (AvgIpc) is 3.01. The molecule has 0 aliphatic carbocycles. The van der Waals surface area contributed by atoms with E-state index in [9.17, 15) is 13.2 Å². The van der Waals surface area contributed by atoms with Crippen LogP contribution < -0.4 is 10.6 Å². The van der Waals surface area contributed by atoms with Gasteiger partial charge in [-0.25, -0.2) is 8.42 Å². The van der Waals surface area contributed by atoms with Crippen molar-refractivity contribution in [1.29, 1.82) is 0 Å². The van der Waals surface area contributed by atoms with Crippen LogP contribution in [0.15, 0.2) is 35.2 Å². The molecule has 0 saturated carbocycles. The third-order valence-electron chi connectivity index (χ3n) is 3.85. The van der Waals surface area contributed by atoms with Crippen molar-refractivity contribution in [3.8, 4) is 0 Å². The molecule has 8 heteroatoms. The predicted molar refractivity (Wildman–Crippen MR) is 92.1 cm³/mol. The average molecular weight is 362 g/mol. The van der Waals surface area contributed by atoms with Crippen LogP contribution >= 0.6 is 12.4 Å². The zero-order chi connectivity index (χ0) is 16.0. The highest BCUT2D eigenvalue weighted by atomic mass is 35.5. The Morgan fingerprint density at radius 3 is 2.65 bits per heavy atom. The molecule has 0 aromatic heterocycles. The van der Waals surface area contributed by atoms with E-state index in [1.54, 1.807) is 18.2 Å². The van der Waals surface area contributed by atoms with E-state index in [4.69, 9.17) is 0 Å². The summed E-state index contributed by atoms with van der Waals surface area (Å²) in [5.41, 5.74) is 0. The van der Waals surface area contributed by atoms with Crippen molar-refractivity contribution < 1.29 is 13.2 Å². The van der Waals surface area contributed by atoms with Gasteiger partial charge in [-0.05, 0) is 44.0 Å². The minimum Gasteiger partial charge on any atom is -0.355 e. The van der Waals surface area contributed by atoms with Crippen LogP contribution in [0.25, 0.3) is 0 Å². The number of hydrogen-bond donors (Lipinski definition) is 2. The smallest absolute Gasteiger partial charge is 0.243 e. The Labute approximate surface area is 144 Å². The SMILES string of the molecule is CN(CC(=O)NCCC1CCNC1)S(=O)(=O)c1ccccc1.Cl.